The van der Waals surface area contributed by atoms with Crippen LogP contribution in [0.3, 0.4) is 0 Å². The topological polar surface area (TPSA) is 147 Å². The zero-order valence-electron chi connectivity index (χ0n) is 24.3. The highest BCUT2D eigenvalue weighted by Crippen LogP contribution is 2.43. The molecule has 0 aliphatic carbocycles. The van der Waals surface area contributed by atoms with Gasteiger partial charge in [0.2, 0.25) is 0 Å². The number of carboxylic acids is 1. The first-order valence-corrected chi connectivity index (χ1v) is 14.0. The summed E-state index contributed by atoms with van der Waals surface area (Å²) in [5, 5.41) is 22.4. The van der Waals surface area contributed by atoms with Crippen LogP contribution in [0.1, 0.15) is 31.9 Å². The molecule has 1 fully saturated rings. The van der Waals surface area contributed by atoms with E-state index in [1.165, 1.54) is 6.33 Å². The summed E-state index contributed by atoms with van der Waals surface area (Å²) in [6.45, 7) is 10.8. The molecule has 1 aliphatic heterocycles. The number of thiophene rings is 1. The largest absolute Gasteiger partial charge is 0.495 e. The van der Waals surface area contributed by atoms with Gasteiger partial charge in [-0.1, -0.05) is 26.8 Å². The summed E-state index contributed by atoms with van der Waals surface area (Å²) in [7, 11) is 1.70. The number of hydrogen-bond acceptors (Lipinski definition) is 8. The number of rotatable bonds is 4. The lowest BCUT2D eigenvalue weighted by atomic mass is 9.84. The number of anilines is 1. The van der Waals surface area contributed by atoms with Crippen LogP contribution in [0.5, 0.6) is 5.75 Å². The summed E-state index contributed by atoms with van der Waals surface area (Å²) in [4.78, 5) is 30.0. The Morgan fingerprint density at radius 2 is 1.84 bits per heavy atom. The third-order valence-electron chi connectivity index (χ3n) is 7.22. The molecule has 3 aromatic heterocycles. The summed E-state index contributed by atoms with van der Waals surface area (Å²) in [5.74, 6) is -1.48. The summed E-state index contributed by atoms with van der Waals surface area (Å²) < 4.78 is 40.3. The normalized spacial score (nSPS) is 16.3. The van der Waals surface area contributed by atoms with Crippen molar-refractivity contribution < 1.29 is 37.7 Å². The lowest BCUT2D eigenvalue weighted by Gasteiger charge is -2.46. The van der Waals surface area contributed by atoms with Crippen LogP contribution >= 0.6 is 11.3 Å². The second kappa shape index (κ2) is 11.9. The van der Waals surface area contributed by atoms with Crippen LogP contribution < -0.4 is 10.5 Å². The molecule has 0 radical (unpaired) electrons. The molecule has 11 nitrogen and oxygen atoms in total. The average molecular weight is 623 g/mol. The molecule has 43 heavy (non-hydrogen) atoms. The van der Waals surface area contributed by atoms with Gasteiger partial charge in [0.15, 0.2) is 5.82 Å². The van der Waals surface area contributed by atoms with Crippen LogP contribution in [0, 0.1) is 12.3 Å². The lowest BCUT2D eigenvalue weighted by molar-refractivity contribution is -0.192. The first kappa shape index (κ1) is 31.8. The van der Waals surface area contributed by atoms with Crippen molar-refractivity contribution in [2.75, 3.05) is 32.5 Å². The summed E-state index contributed by atoms with van der Waals surface area (Å²) in [6.07, 6.45) is -2.46. The maximum Gasteiger partial charge on any atom is 0.490 e. The monoisotopic (exact) mass is 622 g/mol. The summed E-state index contributed by atoms with van der Waals surface area (Å²) >= 11 is 1.67. The number of nitrogen functional groups attached to an aromatic ring is 1. The Morgan fingerprint density at radius 1 is 1.16 bits per heavy atom. The van der Waals surface area contributed by atoms with Gasteiger partial charge in [-0.2, -0.15) is 18.3 Å². The smallest absolute Gasteiger partial charge is 0.490 e. The number of piperazine rings is 1. The number of hydrogen-bond donors (Lipinski definition) is 3. The minimum absolute atomic E-state index is 0.106. The number of nitrogens with zero attached hydrogens (tertiary/aromatic N) is 5. The Hall–Kier alpha value is -4.11. The van der Waals surface area contributed by atoms with Gasteiger partial charge in [0.05, 0.1) is 17.9 Å². The molecule has 0 bridgehead atoms. The SMILES string of the molecule is COc1cc(C)cc2cc(-c3c(CN4CCN(C(=O)O)C(C(C)(C)C)C4)cn4ncnc(N)c34)sc12.O=C(O)C(F)(F)F. The van der Waals surface area contributed by atoms with Crippen molar-refractivity contribution in [3.8, 4) is 16.2 Å². The number of aromatic nitrogens is 3. The zero-order valence-corrected chi connectivity index (χ0v) is 25.1. The minimum Gasteiger partial charge on any atom is -0.495 e. The number of aryl methyl sites for hydroxylation is 1. The van der Waals surface area contributed by atoms with Gasteiger partial charge in [-0.25, -0.2) is 19.1 Å². The van der Waals surface area contributed by atoms with Gasteiger partial charge >= 0.3 is 18.2 Å². The number of alkyl halides is 3. The Labute approximate surface area is 249 Å². The Balaban J connectivity index is 0.000000541. The molecule has 1 saturated heterocycles. The van der Waals surface area contributed by atoms with E-state index in [-0.39, 0.29) is 11.5 Å². The number of amides is 1. The predicted molar refractivity (Wildman–Crippen MR) is 156 cm³/mol. The van der Waals surface area contributed by atoms with Crippen molar-refractivity contribution in [2.45, 2.75) is 46.5 Å². The first-order valence-electron chi connectivity index (χ1n) is 13.2. The number of aliphatic carboxylic acids is 1. The Morgan fingerprint density at radius 3 is 2.42 bits per heavy atom. The molecule has 5 rings (SSSR count). The van der Waals surface area contributed by atoms with Gasteiger partial charge in [-0.15, -0.1) is 11.3 Å². The maximum atomic E-state index is 11.9. The van der Waals surface area contributed by atoms with Gasteiger partial charge in [-0.05, 0) is 41.0 Å². The molecule has 4 N–H and O–H groups in total. The van der Waals surface area contributed by atoms with E-state index in [0.717, 1.165) is 42.9 Å². The van der Waals surface area contributed by atoms with E-state index in [4.69, 9.17) is 20.4 Å². The van der Waals surface area contributed by atoms with Gasteiger partial charge in [0, 0.05) is 42.8 Å². The van der Waals surface area contributed by atoms with Crippen LogP contribution in [0.25, 0.3) is 26.0 Å². The molecule has 4 heterocycles. The lowest BCUT2D eigenvalue weighted by Crippen LogP contribution is -2.59. The molecule has 0 spiro atoms. The Bertz CT molecular complexity index is 1660. The van der Waals surface area contributed by atoms with Crippen LogP contribution in [0.4, 0.5) is 23.8 Å². The maximum absolute atomic E-state index is 11.9. The van der Waals surface area contributed by atoms with E-state index >= 15 is 0 Å². The fraction of sp³-hybridized carbons (Fsp3) is 0.429. The molecule has 4 aromatic rings. The minimum atomic E-state index is -5.08. The predicted octanol–water partition coefficient (Wildman–Crippen LogP) is 5.35. The molecule has 1 aromatic carbocycles. The van der Waals surface area contributed by atoms with E-state index in [9.17, 15) is 23.1 Å². The Kier molecular flexibility index (Phi) is 8.79. The van der Waals surface area contributed by atoms with Crippen LogP contribution in [-0.2, 0) is 11.3 Å². The highest BCUT2D eigenvalue weighted by Gasteiger charge is 2.39. The van der Waals surface area contributed by atoms with E-state index in [0.29, 0.717) is 32.0 Å². The second-order valence-electron chi connectivity index (χ2n) is 11.4. The van der Waals surface area contributed by atoms with Gasteiger partial charge in [0.1, 0.15) is 17.6 Å². The number of ether oxygens (including phenoxy) is 1. The fourth-order valence-electron chi connectivity index (χ4n) is 5.21. The van der Waals surface area contributed by atoms with Crippen molar-refractivity contribution in [1.82, 2.24) is 24.4 Å². The number of carbonyl (C=O) groups is 2. The fourth-order valence-corrected chi connectivity index (χ4v) is 6.43. The number of nitrogens with two attached hydrogens (primary N) is 1. The number of fused-ring (bicyclic) bond motifs is 2. The summed E-state index contributed by atoms with van der Waals surface area (Å²) in [6, 6.07) is 6.29. The van der Waals surface area contributed by atoms with E-state index in [1.807, 2.05) is 12.3 Å². The molecule has 1 unspecified atom stereocenters. The number of carboxylic acid groups (broad SMARTS) is 2. The van der Waals surface area contributed by atoms with Crippen molar-refractivity contribution in [2.24, 2.45) is 5.41 Å². The third-order valence-corrected chi connectivity index (χ3v) is 8.40. The highest BCUT2D eigenvalue weighted by atomic mass is 32.1. The summed E-state index contributed by atoms with van der Waals surface area (Å²) in [5.41, 5.74) is 10.2. The first-order chi connectivity index (χ1) is 20.0. The zero-order chi connectivity index (χ0) is 31.9. The van der Waals surface area contributed by atoms with E-state index in [2.05, 4.69) is 54.8 Å². The van der Waals surface area contributed by atoms with Crippen LogP contribution in [0.2, 0.25) is 0 Å². The molecule has 15 heteroatoms. The standard InChI is InChI=1S/C26H32N6O3S.C2HF3O2/c1-15-8-16-10-19(36-23(16)18(9-15)35-5)21-17(12-32-22(21)24(27)28-14-29-32)11-30-6-7-31(25(33)34)20(13-30)26(2,3)4;3-2(4,5)1(6)7/h8-10,12,14,20H,6-7,11,13H2,1-5H3,(H,33,34)(H2,27,28,29);(H,6,7). The van der Waals surface area contributed by atoms with Crippen molar-refractivity contribution >= 4 is 44.8 Å². The second-order valence-corrected chi connectivity index (χ2v) is 12.4. The van der Waals surface area contributed by atoms with Crippen LogP contribution in [-0.4, -0.2) is 85.6 Å². The van der Waals surface area contributed by atoms with E-state index in [1.54, 1.807) is 27.9 Å². The highest BCUT2D eigenvalue weighted by molar-refractivity contribution is 7.22. The van der Waals surface area contributed by atoms with Gasteiger partial charge < -0.3 is 25.6 Å². The average Bonchev–Trinajstić information content (AvgIpc) is 3.48. The quantitative estimate of drug-likeness (QED) is 0.274. The molecule has 0 saturated carbocycles. The van der Waals surface area contributed by atoms with Crippen molar-refractivity contribution in [3.05, 3.63) is 41.9 Å². The van der Waals surface area contributed by atoms with Gasteiger partial charge in [0.25, 0.3) is 0 Å². The molecular formula is C28H33F3N6O5S. The van der Waals surface area contributed by atoms with E-state index < -0.39 is 18.2 Å². The van der Waals surface area contributed by atoms with Crippen molar-refractivity contribution in [1.29, 1.82) is 0 Å². The molecular weight excluding hydrogens is 589 g/mol. The number of methoxy groups -OCH3 is 1. The number of benzene rings is 1. The molecule has 1 atom stereocenters. The molecule has 1 aliphatic rings. The third kappa shape index (κ3) is 6.77. The van der Waals surface area contributed by atoms with Crippen molar-refractivity contribution in [3.63, 3.8) is 0 Å². The van der Waals surface area contributed by atoms with Crippen LogP contribution in [0.15, 0.2) is 30.7 Å². The van der Waals surface area contributed by atoms with Gasteiger partial charge in [-0.3, -0.25) is 4.90 Å². The molecule has 232 valence electrons. The molecule has 1 amide bonds. The number of halogens is 3.